The molecule has 0 atom stereocenters. The van der Waals surface area contributed by atoms with Gasteiger partial charge in [-0.2, -0.15) is 4.98 Å². The molecule has 1 saturated heterocycles. The SMILES string of the molecule is CCOC(=O)N1CCC(Nc2nc(C)cc(NCCC3=CCCCC3)n2)CC1. The Morgan fingerprint density at radius 2 is 2.11 bits per heavy atom. The van der Waals surface area contributed by atoms with Crippen LogP contribution in [0.2, 0.25) is 0 Å². The molecule has 0 radical (unpaired) electrons. The first-order chi connectivity index (χ1) is 13.6. The van der Waals surface area contributed by atoms with Gasteiger partial charge in [0.15, 0.2) is 0 Å². The first kappa shape index (κ1) is 20.4. The number of allylic oxidation sites excluding steroid dienone is 1. The summed E-state index contributed by atoms with van der Waals surface area (Å²) in [5.74, 6) is 1.53. The molecular formula is C21H33N5O2. The van der Waals surface area contributed by atoms with E-state index in [1.165, 1.54) is 25.7 Å². The van der Waals surface area contributed by atoms with E-state index >= 15 is 0 Å². The fraction of sp³-hybridized carbons (Fsp3) is 0.667. The highest BCUT2D eigenvalue weighted by Gasteiger charge is 2.24. The average molecular weight is 388 g/mol. The Morgan fingerprint density at radius 3 is 2.82 bits per heavy atom. The maximum atomic E-state index is 11.8. The summed E-state index contributed by atoms with van der Waals surface area (Å²) in [7, 11) is 0. The fourth-order valence-electron chi connectivity index (χ4n) is 3.81. The highest BCUT2D eigenvalue weighted by molar-refractivity contribution is 5.67. The summed E-state index contributed by atoms with van der Waals surface area (Å²) in [6, 6.07) is 2.26. The number of aromatic nitrogens is 2. The summed E-state index contributed by atoms with van der Waals surface area (Å²) < 4.78 is 5.08. The van der Waals surface area contributed by atoms with Crippen molar-refractivity contribution in [1.82, 2.24) is 14.9 Å². The van der Waals surface area contributed by atoms with Gasteiger partial charge in [-0.25, -0.2) is 9.78 Å². The molecule has 3 rings (SSSR count). The van der Waals surface area contributed by atoms with Crippen molar-refractivity contribution in [2.24, 2.45) is 0 Å². The lowest BCUT2D eigenvalue weighted by Gasteiger charge is -2.31. The lowest BCUT2D eigenvalue weighted by Crippen LogP contribution is -2.42. The minimum Gasteiger partial charge on any atom is -0.450 e. The minimum atomic E-state index is -0.215. The van der Waals surface area contributed by atoms with Crippen LogP contribution in [0.3, 0.4) is 0 Å². The molecule has 1 aromatic heterocycles. The molecule has 154 valence electrons. The van der Waals surface area contributed by atoms with Gasteiger partial charge in [0.05, 0.1) is 6.61 Å². The summed E-state index contributed by atoms with van der Waals surface area (Å²) in [6.45, 7) is 6.54. The number of hydrogen-bond acceptors (Lipinski definition) is 6. The van der Waals surface area contributed by atoms with Crippen molar-refractivity contribution in [2.75, 3.05) is 36.9 Å². The molecule has 2 aliphatic rings. The molecule has 0 unspecified atom stereocenters. The van der Waals surface area contributed by atoms with E-state index in [1.807, 2.05) is 19.9 Å². The number of hydrogen-bond donors (Lipinski definition) is 2. The van der Waals surface area contributed by atoms with Gasteiger partial charge in [0.2, 0.25) is 5.95 Å². The van der Waals surface area contributed by atoms with Crippen LogP contribution < -0.4 is 10.6 Å². The molecule has 7 heteroatoms. The number of ether oxygens (including phenoxy) is 1. The van der Waals surface area contributed by atoms with Gasteiger partial charge in [0, 0.05) is 37.4 Å². The van der Waals surface area contributed by atoms with Crippen LogP contribution in [-0.2, 0) is 4.74 Å². The summed E-state index contributed by atoms with van der Waals surface area (Å²) in [5.41, 5.74) is 2.51. The van der Waals surface area contributed by atoms with Crippen LogP contribution in [0, 0.1) is 6.92 Å². The monoisotopic (exact) mass is 387 g/mol. The van der Waals surface area contributed by atoms with Crippen molar-refractivity contribution in [1.29, 1.82) is 0 Å². The predicted molar refractivity (Wildman–Crippen MR) is 112 cm³/mol. The number of nitrogens with one attached hydrogen (secondary N) is 2. The smallest absolute Gasteiger partial charge is 0.409 e. The first-order valence-corrected chi connectivity index (χ1v) is 10.6. The normalized spacial score (nSPS) is 17.8. The highest BCUT2D eigenvalue weighted by atomic mass is 16.6. The molecule has 0 bridgehead atoms. The van der Waals surface area contributed by atoms with E-state index in [1.54, 1.807) is 10.5 Å². The lowest BCUT2D eigenvalue weighted by molar-refractivity contribution is 0.0983. The molecule has 0 aromatic carbocycles. The number of aryl methyl sites for hydroxylation is 1. The zero-order chi connectivity index (χ0) is 19.8. The highest BCUT2D eigenvalue weighted by Crippen LogP contribution is 2.21. The zero-order valence-corrected chi connectivity index (χ0v) is 17.2. The Hall–Kier alpha value is -2.31. The first-order valence-electron chi connectivity index (χ1n) is 10.6. The van der Waals surface area contributed by atoms with Crippen molar-refractivity contribution in [3.8, 4) is 0 Å². The molecular weight excluding hydrogens is 354 g/mol. The van der Waals surface area contributed by atoms with E-state index < -0.39 is 0 Å². The molecule has 28 heavy (non-hydrogen) atoms. The van der Waals surface area contributed by atoms with Crippen molar-refractivity contribution in [3.63, 3.8) is 0 Å². The molecule has 0 spiro atoms. The van der Waals surface area contributed by atoms with Crippen LogP contribution in [0.1, 0.15) is 57.6 Å². The molecule has 1 aliphatic carbocycles. The molecule has 1 amide bonds. The molecule has 1 aromatic rings. The van der Waals surface area contributed by atoms with Crippen LogP contribution in [0.4, 0.5) is 16.6 Å². The Bertz CT molecular complexity index is 683. The number of piperidine rings is 1. The number of likely N-dealkylation sites (tertiary alicyclic amines) is 1. The summed E-state index contributed by atoms with van der Waals surface area (Å²) in [5, 5.41) is 6.89. The Labute approximate surface area is 168 Å². The topological polar surface area (TPSA) is 79.4 Å². The number of rotatable bonds is 7. The molecule has 1 aliphatic heterocycles. The fourth-order valence-corrected chi connectivity index (χ4v) is 3.81. The Kier molecular flexibility index (Phi) is 7.51. The van der Waals surface area contributed by atoms with Gasteiger partial charge >= 0.3 is 6.09 Å². The van der Waals surface area contributed by atoms with Gasteiger partial charge in [-0.1, -0.05) is 11.6 Å². The zero-order valence-electron chi connectivity index (χ0n) is 17.2. The van der Waals surface area contributed by atoms with Crippen molar-refractivity contribution < 1.29 is 9.53 Å². The summed E-state index contributed by atoms with van der Waals surface area (Å²) in [4.78, 5) is 22.7. The van der Waals surface area contributed by atoms with Crippen molar-refractivity contribution in [2.45, 2.75) is 64.8 Å². The second-order valence-corrected chi connectivity index (χ2v) is 7.61. The van der Waals surface area contributed by atoms with Gasteiger partial charge in [-0.15, -0.1) is 0 Å². The average Bonchev–Trinajstić information content (AvgIpc) is 2.69. The third-order valence-corrected chi connectivity index (χ3v) is 5.35. The van der Waals surface area contributed by atoms with Gasteiger partial charge in [0.1, 0.15) is 5.82 Å². The van der Waals surface area contributed by atoms with Crippen LogP contribution in [0.5, 0.6) is 0 Å². The van der Waals surface area contributed by atoms with E-state index in [0.29, 0.717) is 25.6 Å². The summed E-state index contributed by atoms with van der Waals surface area (Å²) >= 11 is 0. The Balaban J connectivity index is 1.48. The molecule has 7 nitrogen and oxygen atoms in total. The maximum Gasteiger partial charge on any atom is 0.409 e. The largest absolute Gasteiger partial charge is 0.450 e. The molecule has 0 saturated carbocycles. The van der Waals surface area contributed by atoms with Crippen LogP contribution in [0.25, 0.3) is 0 Å². The third-order valence-electron chi connectivity index (χ3n) is 5.35. The van der Waals surface area contributed by atoms with E-state index in [-0.39, 0.29) is 12.1 Å². The quantitative estimate of drug-likeness (QED) is 0.685. The third kappa shape index (κ3) is 6.11. The van der Waals surface area contributed by atoms with Crippen LogP contribution >= 0.6 is 0 Å². The number of anilines is 2. The number of nitrogens with zero attached hydrogens (tertiary/aromatic N) is 3. The standard InChI is InChI=1S/C21H33N5O2/c1-3-28-21(27)26-13-10-18(11-14-26)24-20-23-16(2)15-19(25-20)22-12-9-17-7-5-4-6-8-17/h7,15,18H,3-6,8-14H2,1-2H3,(H2,22,23,24,25). The predicted octanol–water partition coefficient (Wildman–Crippen LogP) is 4.12. The number of carbonyl (C=O) groups excluding carboxylic acids is 1. The van der Waals surface area contributed by atoms with E-state index in [2.05, 4.69) is 26.7 Å². The maximum absolute atomic E-state index is 11.8. The second kappa shape index (κ2) is 10.3. The van der Waals surface area contributed by atoms with Crippen LogP contribution in [-0.4, -0.2) is 53.2 Å². The second-order valence-electron chi connectivity index (χ2n) is 7.61. The van der Waals surface area contributed by atoms with Gasteiger partial charge in [-0.3, -0.25) is 0 Å². The summed E-state index contributed by atoms with van der Waals surface area (Å²) in [6.07, 6.45) is 10.1. The lowest BCUT2D eigenvalue weighted by atomic mass is 9.97. The van der Waals surface area contributed by atoms with E-state index in [4.69, 9.17) is 4.74 Å². The van der Waals surface area contributed by atoms with E-state index in [0.717, 1.165) is 37.3 Å². The molecule has 2 N–H and O–H groups in total. The van der Waals surface area contributed by atoms with Crippen molar-refractivity contribution in [3.05, 3.63) is 23.4 Å². The molecule has 2 heterocycles. The Morgan fingerprint density at radius 1 is 1.29 bits per heavy atom. The number of amides is 1. The number of carbonyl (C=O) groups is 1. The van der Waals surface area contributed by atoms with E-state index in [9.17, 15) is 4.79 Å². The van der Waals surface area contributed by atoms with Gasteiger partial charge < -0.3 is 20.3 Å². The van der Waals surface area contributed by atoms with Gasteiger partial charge in [0.25, 0.3) is 0 Å². The van der Waals surface area contributed by atoms with Gasteiger partial charge in [-0.05, 0) is 58.8 Å². The molecule has 1 fully saturated rings. The van der Waals surface area contributed by atoms with Crippen LogP contribution in [0.15, 0.2) is 17.7 Å². The van der Waals surface area contributed by atoms with Crippen molar-refractivity contribution >= 4 is 17.9 Å². The minimum absolute atomic E-state index is 0.215.